The number of carboxylic acid groups (broad SMARTS) is 1. The van der Waals surface area contributed by atoms with Crippen LogP contribution >= 0.6 is 11.8 Å². The Labute approximate surface area is 91.9 Å². The minimum atomic E-state index is -0.924. The molecule has 5 nitrogen and oxygen atoms in total. The fraction of sp³-hybridized carbons (Fsp3) is 0.444. The number of aromatic nitrogens is 2. The van der Waals surface area contributed by atoms with Gasteiger partial charge in [0.2, 0.25) is 0 Å². The Kier molecular flexibility index (Phi) is 4.51. The molecule has 1 N–H and O–H groups in total. The molecule has 0 aromatic carbocycles. The van der Waals surface area contributed by atoms with Gasteiger partial charge in [0.15, 0.2) is 5.16 Å². The van der Waals surface area contributed by atoms with Crippen molar-refractivity contribution in [2.75, 3.05) is 13.7 Å². The molecule has 0 aliphatic rings. The molecule has 6 heteroatoms. The summed E-state index contributed by atoms with van der Waals surface area (Å²) in [5, 5.41) is 8.67. The Morgan fingerprint density at radius 3 is 3.00 bits per heavy atom. The maximum absolute atomic E-state index is 10.8. The van der Waals surface area contributed by atoms with Gasteiger partial charge in [0.1, 0.15) is 5.25 Å². The lowest BCUT2D eigenvalue weighted by Crippen LogP contribution is -2.22. The highest BCUT2D eigenvalue weighted by Crippen LogP contribution is 2.19. The van der Waals surface area contributed by atoms with E-state index in [-0.39, 0.29) is 6.61 Å². The first-order chi connectivity index (χ1) is 7.13. The summed E-state index contributed by atoms with van der Waals surface area (Å²) < 4.78 is 4.81. The van der Waals surface area contributed by atoms with Gasteiger partial charge in [-0.1, -0.05) is 11.8 Å². The number of rotatable bonds is 5. The van der Waals surface area contributed by atoms with Crippen LogP contribution in [0.2, 0.25) is 0 Å². The molecule has 0 aliphatic carbocycles. The molecule has 0 fully saturated rings. The third-order valence-electron chi connectivity index (χ3n) is 1.61. The molecule has 82 valence electrons. The standard InChI is InChI=1S/C9H12N2O3S/c1-6-3-4-10-9(11-6)15-7(5-14-2)8(12)13/h3-4,7H,5H2,1-2H3,(H,12,13). The molecule has 1 rings (SSSR count). The lowest BCUT2D eigenvalue weighted by atomic mass is 10.5. The first-order valence-electron chi connectivity index (χ1n) is 4.31. The molecule has 0 bridgehead atoms. The molecule has 0 amide bonds. The Morgan fingerprint density at radius 1 is 1.73 bits per heavy atom. The Balaban J connectivity index is 2.69. The Bertz CT molecular complexity index is 346. The van der Waals surface area contributed by atoms with E-state index in [9.17, 15) is 4.79 Å². The number of carbonyl (C=O) groups is 1. The smallest absolute Gasteiger partial charge is 0.319 e. The predicted octanol–water partition coefficient (Wildman–Crippen LogP) is 0.977. The van der Waals surface area contributed by atoms with Gasteiger partial charge >= 0.3 is 5.97 Å². The molecule has 0 aliphatic heterocycles. The molecule has 1 heterocycles. The van der Waals surface area contributed by atoms with Crippen molar-refractivity contribution in [2.24, 2.45) is 0 Å². The minimum absolute atomic E-state index is 0.136. The van der Waals surface area contributed by atoms with Crippen LogP contribution in [0, 0.1) is 6.92 Å². The third kappa shape index (κ3) is 3.85. The van der Waals surface area contributed by atoms with Crippen LogP contribution in [0.15, 0.2) is 17.4 Å². The number of hydrogen-bond donors (Lipinski definition) is 1. The number of thioether (sulfide) groups is 1. The summed E-state index contributed by atoms with van der Waals surface area (Å²) in [5.74, 6) is -0.924. The van der Waals surface area contributed by atoms with Crippen molar-refractivity contribution in [3.63, 3.8) is 0 Å². The van der Waals surface area contributed by atoms with Crippen LogP contribution < -0.4 is 0 Å². The van der Waals surface area contributed by atoms with Crippen LogP contribution in [0.1, 0.15) is 5.69 Å². The molecule has 15 heavy (non-hydrogen) atoms. The first kappa shape index (κ1) is 11.9. The van der Waals surface area contributed by atoms with E-state index in [4.69, 9.17) is 9.84 Å². The SMILES string of the molecule is COCC(Sc1nccc(C)n1)C(=O)O. The largest absolute Gasteiger partial charge is 0.480 e. The number of methoxy groups -OCH3 is 1. The molecule has 1 aromatic rings. The van der Waals surface area contributed by atoms with E-state index in [1.165, 1.54) is 7.11 Å². The Morgan fingerprint density at radius 2 is 2.47 bits per heavy atom. The number of hydrogen-bond acceptors (Lipinski definition) is 5. The highest BCUT2D eigenvalue weighted by molar-refractivity contribution is 8.00. The molecule has 0 radical (unpaired) electrons. The summed E-state index contributed by atoms with van der Waals surface area (Å²) in [4.78, 5) is 18.9. The van der Waals surface area contributed by atoms with Crippen molar-refractivity contribution in [1.82, 2.24) is 9.97 Å². The molecule has 0 saturated carbocycles. The van der Waals surface area contributed by atoms with Crippen LogP contribution in [0.3, 0.4) is 0 Å². The molecule has 1 atom stereocenters. The second-order valence-electron chi connectivity index (χ2n) is 2.88. The summed E-state index contributed by atoms with van der Waals surface area (Å²) in [6.45, 7) is 1.97. The summed E-state index contributed by atoms with van der Waals surface area (Å²) >= 11 is 1.09. The highest BCUT2D eigenvalue weighted by atomic mass is 32.2. The van der Waals surface area contributed by atoms with E-state index in [1.807, 2.05) is 6.92 Å². The lowest BCUT2D eigenvalue weighted by Gasteiger charge is -2.09. The second-order valence-corrected chi connectivity index (χ2v) is 4.05. The zero-order valence-electron chi connectivity index (χ0n) is 8.51. The Hall–Kier alpha value is -1.14. The predicted molar refractivity (Wildman–Crippen MR) is 55.9 cm³/mol. The molecule has 1 unspecified atom stereocenters. The molecular formula is C9H12N2O3S. The van der Waals surface area contributed by atoms with Gasteiger partial charge in [-0.25, -0.2) is 9.97 Å². The van der Waals surface area contributed by atoms with E-state index in [2.05, 4.69) is 9.97 Å². The van der Waals surface area contributed by atoms with Crippen LogP contribution in [0.25, 0.3) is 0 Å². The average molecular weight is 228 g/mol. The minimum Gasteiger partial charge on any atom is -0.480 e. The maximum Gasteiger partial charge on any atom is 0.319 e. The van der Waals surface area contributed by atoms with Gasteiger partial charge in [0.25, 0.3) is 0 Å². The van der Waals surface area contributed by atoms with Crippen LogP contribution in [0.4, 0.5) is 0 Å². The van der Waals surface area contributed by atoms with Crippen molar-refractivity contribution in [3.8, 4) is 0 Å². The number of nitrogens with zero attached hydrogens (tertiary/aromatic N) is 2. The van der Waals surface area contributed by atoms with Crippen LogP contribution in [0.5, 0.6) is 0 Å². The van der Waals surface area contributed by atoms with Crippen LogP contribution in [-0.2, 0) is 9.53 Å². The van der Waals surface area contributed by atoms with Crippen molar-refractivity contribution in [2.45, 2.75) is 17.3 Å². The van der Waals surface area contributed by atoms with Crippen molar-refractivity contribution >= 4 is 17.7 Å². The number of carboxylic acids is 1. The van der Waals surface area contributed by atoms with E-state index in [0.717, 1.165) is 17.5 Å². The lowest BCUT2D eigenvalue weighted by molar-refractivity contribution is -0.137. The fourth-order valence-electron chi connectivity index (χ4n) is 0.917. The van der Waals surface area contributed by atoms with Crippen molar-refractivity contribution < 1.29 is 14.6 Å². The number of aryl methyl sites for hydroxylation is 1. The van der Waals surface area contributed by atoms with Gasteiger partial charge in [-0.3, -0.25) is 4.79 Å². The van der Waals surface area contributed by atoms with Gasteiger partial charge < -0.3 is 9.84 Å². The summed E-state index contributed by atoms with van der Waals surface area (Å²) in [6.07, 6.45) is 1.61. The maximum atomic E-state index is 10.8. The summed E-state index contributed by atoms with van der Waals surface area (Å²) in [5.41, 5.74) is 0.814. The zero-order valence-corrected chi connectivity index (χ0v) is 9.32. The first-order valence-corrected chi connectivity index (χ1v) is 5.19. The second kappa shape index (κ2) is 5.67. The molecule has 0 spiro atoms. The van der Waals surface area contributed by atoms with Gasteiger partial charge in [-0.2, -0.15) is 0 Å². The molecule has 1 aromatic heterocycles. The van der Waals surface area contributed by atoms with Crippen molar-refractivity contribution in [1.29, 1.82) is 0 Å². The van der Waals surface area contributed by atoms with Gasteiger partial charge in [0, 0.05) is 19.0 Å². The van der Waals surface area contributed by atoms with E-state index >= 15 is 0 Å². The summed E-state index contributed by atoms with van der Waals surface area (Å²) in [7, 11) is 1.47. The van der Waals surface area contributed by atoms with Crippen molar-refractivity contribution in [3.05, 3.63) is 18.0 Å². The van der Waals surface area contributed by atoms with Gasteiger partial charge in [0.05, 0.1) is 6.61 Å². The fourth-order valence-corrected chi connectivity index (χ4v) is 1.79. The van der Waals surface area contributed by atoms with E-state index < -0.39 is 11.2 Å². The van der Waals surface area contributed by atoms with E-state index in [0.29, 0.717) is 5.16 Å². The average Bonchev–Trinajstić information content (AvgIpc) is 2.17. The van der Waals surface area contributed by atoms with Gasteiger partial charge in [-0.05, 0) is 13.0 Å². The summed E-state index contributed by atoms with van der Waals surface area (Å²) in [6, 6.07) is 1.76. The van der Waals surface area contributed by atoms with Crippen LogP contribution in [-0.4, -0.2) is 40.0 Å². The molecule has 0 saturated heterocycles. The third-order valence-corrected chi connectivity index (χ3v) is 2.64. The monoisotopic (exact) mass is 228 g/mol. The topological polar surface area (TPSA) is 72.3 Å². The quantitative estimate of drug-likeness (QED) is 0.598. The van der Waals surface area contributed by atoms with E-state index in [1.54, 1.807) is 12.3 Å². The molecular weight excluding hydrogens is 216 g/mol. The zero-order chi connectivity index (χ0) is 11.3. The van der Waals surface area contributed by atoms with Gasteiger partial charge in [-0.15, -0.1) is 0 Å². The number of aliphatic carboxylic acids is 1. The highest BCUT2D eigenvalue weighted by Gasteiger charge is 2.20. The number of ether oxygens (including phenoxy) is 1. The normalized spacial score (nSPS) is 12.4.